The van der Waals surface area contributed by atoms with Crippen molar-refractivity contribution in [2.75, 3.05) is 13.7 Å². The van der Waals surface area contributed by atoms with E-state index >= 15 is 0 Å². The van der Waals surface area contributed by atoms with Crippen molar-refractivity contribution in [1.29, 1.82) is 0 Å². The molecule has 0 aliphatic carbocycles. The molecule has 7 heteroatoms. The number of guanidine groups is 1. The first-order valence-corrected chi connectivity index (χ1v) is 9.90. The number of hydrogen-bond donors (Lipinski definition) is 2. The zero-order chi connectivity index (χ0) is 20.5. The quantitative estimate of drug-likeness (QED) is 0.267. The van der Waals surface area contributed by atoms with Gasteiger partial charge in [-0.05, 0) is 31.0 Å². The van der Waals surface area contributed by atoms with Gasteiger partial charge in [-0.25, -0.2) is 4.98 Å². The van der Waals surface area contributed by atoms with Gasteiger partial charge in [-0.15, -0.1) is 24.0 Å². The maximum absolute atomic E-state index is 5.76. The number of imidazole rings is 1. The Balaban J connectivity index is 0.00000320. The van der Waals surface area contributed by atoms with Gasteiger partial charge in [-0.3, -0.25) is 4.99 Å². The molecule has 1 heterocycles. The Labute approximate surface area is 195 Å². The molecule has 0 bridgehead atoms. The van der Waals surface area contributed by atoms with Crippen LogP contribution in [0, 0.1) is 6.92 Å². The zero-order valence-electron chi connectivity index (χ0n) is 17.8. The molecule has 30 heavy (non-hydrogen) atoms. The number of hydrogen-bond acceptors (Lipinski definition) is 3. The Morgan fingerprint density at radius 1 is 1.10 bits per heavy atom. The topological polar surface area (TPSA) is 63.5 Å². The fourth-order valence-electron chi connectivity index (χ4n) is 3.09. The number of ether oxygens (including phenoxy) is 1. The maximum Gasteiger partial charge on any atom is 0.191 e. The average Bonchev–Trinajstić information content (AvgIpc) is 3.17. The Morgan fingerprint density at radius 2 is 1.87 bits per heavy atom. The molecular weight excluding hydrogens is 489 g/mol. The fraction of sp³-hybridized carbons (Fsp3) is 0.304. The summed E-state index contributed by atoms with van der Waals surface area (Å²) >= 11 is 0. The molecule has 0 atom stereocenters. The lowest BCUT2D eigenvalue weighted by Gasteiger charge is -2.15. The molecule has 0 saturated heterocycles. The summed E-state index contributed by atoms with van der Waals surface area (Å²) in [7, 11) is 1.77. The zero-order valence-corrected chi connectivity index (χ0v) is 20.1. The van der Waals surface area contributed by atoms with Gasteiger partial charge >= 0.3 is 0 Å². The van der Waals surface area contributed by atoms with Crippen LogP contribution in [0.4, 0.5) is 0 Å². The molecular formula is C23H30IN5O. The first-order valence-electron chi connectivity index (χ1n) is 9.90. The Morgan fingerprint density at radius 3 is 2.60 bits per heavy atom. The lowest BCUT2D eigenvalue weighted by Crippen LogP contribution is -2.37. The Kier molecular flexibility index (Phi) is 9.66. The highest BCUT2D eigenvalue weighted by molar-refractivity contribution is 14.0. The highest BCUT2D eigenvalue weighted by atomic mass is 127. The lowest BCUT2D eigenvalue weighted by atomic mass is 10.1. The normalized spacial score (nSPS) is 11.0. The van der Waals surface area contributed by atoms with Crippen LogP contribution in [0.25, 0.3) is 0 Å². The number of nitrogens with one attached hydrogen (secondary N) is 2. The van der Waals surface area contributed by atoms with Gasteiger partial charge in [0.1, 0.15) is 11.6 Å². The molecule has 160 valence electrons. The van der Waals surface area contributed by atoms with Crippen molar-refractivity contribution in [1.82, 2.24) is 20.2 Å². The summed E-state index contributed by atoms with van der Waals surface area (Å²) in [5, 5.41) is 6.70. The molecule has 0 saturated carbocycles. The number of rotatable bonds is 8. The van der Waals surface area contributed by atoms with Gasteiger partial charge in [0.15, 0.2) is 5.96 Å². The van der Waals surface area contributed by atoms with E-state index in [9.17, 15) is 0 Å². The highest BCUT2D eigenvalue weighted by Crippen LogP contribution is 2.20. The minimum atomic E-state index is 0. The summed E-state index contributed by atoms with van der Waals surface area (Å²) in [5.74, 6) is 2.60. The van der Waals surface area contributed by atoms with Crippen molar-refractivity contribution in [3.05, 3.63) is 83.4 Å². The largest absolute Gasteiger partial charge is 0.494 e. The van der Waals surface area contributed by atoms with Crippen LogP contribution >= 0.6 is 24.0 Å². The maximum atomic E-state index is 5.76. The van der Waals surface area contributed by atoms with Gasteiger partial charge in [-0.1, -0.05) is 42.5 Å². The van der Waals surface area contributed by atoms with Crippen molar-refractivity contribution in [3.8, 4) is 5.75 Å². The molecule has 0 fully saturated rings. The number of nitrogens with zero attached hydrogens (tertiary/aromatic N) is 3. The van der Waals surface area contributed by atoms with Crippen LogP contribution in [0.3, 0.4) is 0 Å². The lowest BCUT2D eigenvalue weighted by molar-refractivity contribution is 0.336. The van der Waals surface area contributed by atoms with Gasteiger partial charge < -0.3 is 19.9 Å². The van der Waals surface area contributed by atoms with E-state index in [0.29, 0.717) is 19.7 Å². The average molecular weight is 519 g/mol. The van der Waals surface area contributed by atoms with Crippen molar-refractivity contribution in [3.63, 3.8) is 0 Å². The van der Waals surface area contributed by atoms with Crippen LogP contribution in [-0.2, 0) is 19.6 Å². The standard InChI is InChI=1S/C23H29N5O.HI/c1-4-29-21-14-18(2)10-11-20(21)15-26-23(24-3)27-16-22-25-12-13-28(22)17-19-8-6-5-7-9-19;/h5-14H,4,15-17H2,1-3H3,(H2,24,26,27);1H. The number of halogens is 1. The highest BCUT2D eigenvalue weighted by Gasteiger charge is 2.08. The Hall–Kier alpha value is -2.55. The van der Waals surface area contributed by atoms with Crippen LogP contribution in [-0.4, -0.2) is 29.2 Å². The molecule has 3 aromatic rings. The predicted molar refractivity (Wildman–Crippen MR) is 133 cm³/mol. The molecule has 0 unspecified atom stereocenters. The minimum absolute atomic E-state index is 0. The van der Waals surface area contributed by atoms with Gasteiger partial charge in [-0.2, -0.15) is 0 Å². The van der Waals surface area contributed by atoms with E-state index in [2.05, 4.69) is 74.6 Å². The fourth-order valence-corrected chi connectivity index (χ4v) is 3.09. The number of aryl methyl sites for hydroxylation is 1. The Bertz CT molecular complexity index is 940. The monoisotopic (exact) mass is 519 g/mol. The predicted octanol–water partition coefficient (Wildman–Crippen LogP) is 4.12. The third-order valence-electron chi connectivity index (χ3n) is 4.60. The van der Waals surface area contributed by atoms with Crippen LogP contribution < -0.4 is 15.4 Å². The van der Waals surface area contributed by atoms with E-state index in [4.69, 9.17) is 4.74 Å². The van der Waals surface area contributed by atoms with Crippen LogP contribution in [0.2, 0.25) is 0 Å². The summed E-state index contributed by atoms with van der Waals surface area (Å²) in [6.07, 6.45) is 3.83. The summed E-state index contributed by atoms with van der Waals surface area (Å²) in [5.41, 5.74) is 3.54. The number of benzene rings is 2. The second kappa shape index (κ2) is 12.2. The summed E-state index contributed by atoms with van der Waals surface area (Å²) in [6, 6.07) is 16.6. The van der Waals surface area contributed by atoms with E-state index in [1.54, 1.807) is 7.05 Å². The summed E-state index contributed by atoms with van der Waals surface area (Å²) in [4.78, 5) is 8.81. The van der Waals surface area contributed by atoms with E-state index in [1.165, 1.54) is 11.1 Å². The van der Waals surface area contributed by atoms with E-state index < -0.39 is 0 Å². The van der Waals surface area contributed by atoms with E-state index in [-0.39, 0.29) is 24.0 Å². The van der Waals surface area contributed by atoms with Crippen molar-refractivity contribution >= 4 is 29.9 Å². The molecule has 3 rings (SSSR count). The van der Waals surface area contributed by atoms with E-state index in [1.807, 2.05) is 25.4 Å². The molecule has 0 amide bonds. The van der Waals surface area contributed by atoms with Crippen molar-refractivity contribution in [2.24, 2.45) is 4.99 Å². The minimum Gasteiger partial charge on any atom is -0.494 e. The smallest absolute Gasteiger partial charge is 0.191 e. The van der Waals surface area contributed by atoms with Crippen LogP contribution in [0.1, 0.15) is 29.4 Å². The first-order chi connectivity index (χ1) is 14.2. The second-order valence-corrected chi connectivity index (χ2v) is 6.78. The third-order valence-corrected chi connectivity index (χ3v) is 4.60. The van der Waals surface area contributed by atoms with E-state index in [0.717, 1.165) is 29.6 Å². The molecule has 0 radical (unpaired) electrons. The number of aromatic nitrogens is 2. The molecule has 2 N–H and O–H groups in total. The third kappa shape index (κ3) is 6.76. The van der Waals surface area contributed by atoms with Crippen LogP contribution in [0.5, 0.6) is 5.75 Å². The molecule has 0 aliphatic rings. The van der Waals surface area contributed by atoms with Gasteiger partial charge in [0.25, 0.3) is 0 Å². The van der Waals surface area contributed by atoms with Crippen LogP contribution in [0.15, 0.2) is 65.9 Å². The summed E-state index contributed by atoms with van der Waals surface area (Å²) < 4.78 is 7.90. The van der Waals surface area contributed by atoms with Crippen molar-refractivity contribution in [2.45, 2.75) is 33.5 Å². The molecule has 6 nitrogen and oxygen atoms in total. The van der Waals surface area contributed by atoms with Gasteiger partial charge in [0, 0.05) is 38.1 Å². The number of aliphatic imine (C=N–C) groups is 1. The van der Waals surface area contributed by atoms with Crippen molar-refractivity contribution < 1.29 is 4.74 Å². The molecule has 1 aromatic heterocycles. The SMILES string of the molecule is CCOc1cc(C)ccc1CNC(=NC)NCc1nccn1Cc1ccccc1.I. The summed E-state index contributed by atoms with van der Waals surface area (Å²) in [6.45, 7) is 6.73. The molecule has 0 aliphatic heterocycles. The first kappa shape index (κ1) is 23.7. The second-order valence-electron chi connectivity index (χ2n) is 6.78. The molecule has 0 spiro atoms. The van der Waals surface area contributed by atoms with Gasteiger partial charge in [0.2, 0.25) is 0 Å². The van der Waals surface area contributed by atoms with Gasteiger partial charge in [0.05, 0.1) is 13.2 Å². The molecule has 2 aromatic carbocycles.